The molecule has 0 saturated carbocycles. The molecule has 0 aromatic carbocycles. The van der Waals surface area contributed by atoms with Crippen LogP contribution in [-0.2, 0) is 6.54 Å². The standard InChI is InChI=1S/C17H11F3N6O2/c18-17(19,20)10-28-16-23-7-13(8-24-16)14-1-2-15(27)26(25-14)9-12-3-11(4-21)5-22-6-12/h1-3,5-8H,9-10H2. The zero-order chi connectivity index (χ0) is 20.1. The first kappa shape index (κ1) is 19.0. The molecular weight excluding hydrogens is 377 g/mol. The van der Waals surface area contributed by atoms with Gasteiger partial charge in [0.2, 0.25) is 0 Å². The quantitative estimate of drug-likeness (QED) is 0.658. The highest BCUT2D eigenvalue weighted by atomic mass is 19.4. The van der Waals surface area contributed by atoms with Crippen LogP contribution in [0.1, 0.15) is 11.1 Å². The van der Waals surface area contributed by atoms with Crippen LogP contribution >= 0.6 is 0 Å². The number of pyridine rings is 1. The van der Waals surface area contributed by atoms with Crippen LogP contribution in [-0.4, -0.2) is 37.5 Å². The summed E-state index contributed by atoms with van der Waals surface area (Å²) in [5.41, 5.74) is 1.31. The van der Waals surface area contributed by atoms with Crippen molar-refractivity contribution in [1.82, 2.24) is 24.7 Å². The molecule has 0 saturated heterocycles. The van der Waals surface area contributed by atoms with E-state index in [-0.39, 0.29) is 12.1 Å². The van der Waals surface area contributed by atoms with Gasteiger partial charge in [-0.2, -0.15) is 23.5 Å². The molecule has 3 rings (SSSR count). The lowest BCUT2D eigenvalue weighted by atomic mass is 10.2. The number of rotatable bonds is 5. The Morgan fingerprint density at radius 3 is 2.57 bits per heavy atom. The van der Waals surface area contributed by atoms with Crippen LogP contribution in [0.4, 0.5) is 13.2 Å². The van der Waals surface area contributed by atoms with Crippen LogP contribution in [0.25, 0.3) is 11.3 Å². The molecule has 28 heavy (non-hydrogen) atoms. The molecule has 3 heterocycles. The molecule has 0 fully saturated rings. The van der Waals surface area contributed by atoms with Crippen molar-refractivity contribution in [3.8, 4) is 23.3 Å². The first-order valence-corrected chi connectivity index (χ1v) is 7.78. The van der Waals surface area contributed by atoms with Crippen molar-refractivity contribution < 1.29 is 17.9 Å². The van der Waals surface area contributed by atoms with Gasteiger partial charge in [-0.05, 0) is 17.7 Å². The molecule has 142 valence electrons. The largest absolute Gasteiger partial charge is 0.454 e. The van der Waals surface area contributed by atoms with E-state index in [0.29, 0.717) is 22.4 Å². The zero-order valence-corrected chi connectivity index (χ0v) is 14.1. The Bertz CT molecular complexity index is 1070. The predicted octanol–water partition coefficient (Wildman–Crippen LogP) is 1.96. The van der Waals surface area contributed by atoms with Crippen LogP contribution < -0.4 is 10.3 Å². The molecule has 0 unspecified atom stereocenters. The molecule has 0 bridgehead atoms. The summed E-state index contributed by atoms with van der Waals surface area (Å²) in [5.74, 6) is 0. The SMILES string of the molecule is N#Cc1cncc(Cn2nc(-c3cnc(OCC(F)(F)F)nc3)ccc2=O)c1. The van der Waals surface area contributed by atoms with Gasteiger partial charge in [0.15, 0.2) is 6.61 Å². The molecule has 0 radical (unpaired) electrons. The summed E-state index contributed by atoms with van der Waals surface area (Å²) < 4.78 is 42.1. The summed E-state index contributed by atoms with van der Waals surface area (Å²) in [7, 11) is 0. The van der Waals surface area contributed by atoms with Gasteiger partial charge in [-0.25, -0.2) is 14.6 Å². The van der Waals surface area contributed by atoms with Crippen LogP contribution in [0.2, 0.25) is 0 Å². The fourth-order valence-corrected chi connectivity index (χ4v) is 2.19. The number of hydrogen-bond donors (Lipinski definition) is 0. The topological polar surface area (TPSA) is 107 Å². The van der Waals surface area contributed by atoms with Gasteiger partial charge in [0.05, 0.1) is 17.8 Å². The molecule has 0 spiro atoms. The van der Waals surface area contributed by atoms with Crippen molar-refractivity contribution >= 4 is 0 Å². The second kappa shape index (κ2) is 7.83. The maximum absolute atomic E-state index is 12.1. The summed E-state index contributed by atoms with van der Waals surface area (Å²) in [6, 6.07) is 5.86. The highest BCUT2D eigenvalue weighted by Crippen LogP contribution is 2.18. The molecule has 8 nitrogen and oxygen atoms in total. The summed E-state index contributed by atoms with van der Waals surface area (Å²) in [6.45, 7) is -1.41. The lowest BCUT2D eigenvalue weighted by Gasteiger charge is -2.09. The van der Waals surface area contributed by atoms with Crippen molar-refractivity contribution in [2.45, 2.75) is 12.7 Å². The van der Waals surface area contributed by atoms with Gasteiger partial charge in [-0.1, -0.05) is 0 Å². The van der Waals surface area contributed by atoms with E-state index in [1.54, 1.807) is 6.07 Å². The Hall–Kier alpha value is -3.81. The van der Waals surface area contributed by atoms with Crippen LogP contribution in [0.5, 0.6) is 6.01 Å². The summed E-state index contributed by atoms with van der Waals surface area (Å²) in [4.78, 5) is 23.4. The minimum atomic E-state index is -4.49. The number of nitrogens with zero attached hydrogens (tertiary/aromatic N) is 6. The smallest absolute Gasteiger partial charge is 0.422 e. The molecule has 0 aliphatic heterocycles. The van der Waals surface area contributed by atoms with E-state index in [9.17, 15) is 18.0 Å². The number of nitriles is 1. The lowest BCUT2D eigenvalue weighted by Crippen LogP contribution is -2.23. The minimum absolute atomic E-state index is 0.0861. The van der Waals surface area contributed by atoms with Gasteiger partial charge in [-0.15, -0.1) is 0 Å². The normalized spacial score (nSPS) is 11.1. The third-order valence-corrected chi connectivity index (χ3v) is 3.41. The molecule has 3 aromatic heterocycles. The average molecular weight is 388 g/mol. The van der Waals surface area contributed by atoms with Crippen molar-refractivity contribution in [3.63, 3.8) is 0 Å². The van der Waals surface area contributed by atoms with Gasteiger partial charge >= 0.3 is 12.2 Å². The zero-order valence-electron chi connectivity index (χ0n) is 14.1. The third-order valence-electron chi connectivity index (χ3n) is 3.41. The van der Waals surface area contributed by atoms with Gasteiger partial charge in [0.25, 0.3) is 5.56 Å². The molecule has 11 heteroatoms. The van der Waals surface area contributed by atoms with Gasteiger partial charge in [0.1, 0.15) is 6.07 Å². The van der Waals surface area contributed by atoms with Gasteiger partial charge < -0.3 is 4.74 Å². The van der Waals surface area contributed by atoms with Crippen molar-refractivity contribution in [3.05, 3.63) is 64.5 Å². The molecular formula is C17H11F3N6O2. The van der Waals surface area contributed by atoms with E-state index in [2.05, 4.69) is 24.8 Å². The van der Waals surface area contributed by atoms with Gasteiger partial charge in [-0.3, -0.25) is 9.78 Å². The van der Waals surface area contributed by atoms with Crippen LogP contribution in [0.15, 0.2) is 47.8 Å². The van der Waals surface area contributed by atoms with E-state index in [1.807, 2.05) is 6.07 Å². The van der Waals surface area contributed by atoms with E-state index < -0.39 is 18.8 Å². The van der Waals surface area contributed by atoms with Crippen molar-refractivity contribution in [2.24, 2.45) is 0 Å². The number of halogens is 3. The Morgan fingerprint density at radius 1 is 1.14 bits per heavy atom. The molecule has 0 aliphatic rings. The van der Waals surface area contributed by atoms with E-state index in [4.69, 9.17) is 5.26 Å². The Morgan fingerprint density at radius 2 is 1.89 bits per heavy atom. The Balaban J connectivity index is 1.81. The minimum Gasteiger partial charge on any atom is -0.454 e. The lowest BCUT2D eigenvalue weighted by molar-refractivity contribution is -0.154. The molecule has 0 amide bonds. The Labute approximate surface area is 155 Å². The highest BCUT2D eigenvalue weighted by molar-refractivity contribution is 5.55. The number of alkyl halides is 3. The molecule has 0 atom stereocenters. The molecule has 0 N–H and O–H groups in total. The first-order chi connectivity index (χ1) is 13.3. The van der Waals surface area contributed by atoms with Crippen molar-refractivity contribution in [1.29, 1.82) is 5.26 Å². The maximum Gasteiger partial charge on any atom is 0.422 e. The number of ether oxygens (including phenoxy) is 1. The van der Waals surface area contributed by atoms with Crippen molar-refractivity contribution in [2.75, 3.05) is 6.61 Å². The summed E-state index contributed by atoms with van der Waals surface area (Å²) in [6.07, 6.45) is 0.908. The second-order valence-corrected chi connectivity index (χ2v) is 5.57. The monoisotopic (exact) mass is 388 g/mol. The van der Waals surface area contributed by atoms with E-state index in [0.717, 1.165) is 0 Å². The Kier molecular flexibility index (Phi) is 5.30. The molecule has 0 aliphatic carbocycles. The third kappa shape index (κ3) is 4.88. The van der Waals surface area contributed by atoms with Crippen LogP contribution in [0.3, 0.4) is 0 Å². The second-order valence-electron chi connectivity index (χ2n) is 5.57. The van der Waals surface area contributed by atoms with E-state index >= 15 is 0 Å². The fourth-order valence-electron chi connectivity index (χ4n) is 2.19. The highest BCUT2D eigenvalue weighted by Gasteiger charge is 2.28. The fraction of sp³-hybridized carbons (Fsp3) is 0.176. The van der Waals surface area contributed by atoms with Gasteiger partial charge in [0, 0.05) is 36.4 Å². The summed E-state index contributed by atoms with van der Waals surface area (Å²) >= 11 is 0. The average Bonchev–Trinajstić information content (AvgIpc) is 2.68. The number of aromatic nitrogens is 5. The molecule has 3 aromatic rings. The van der Waals surface area contributed by atoms with E-state index in [1.165, 1.54) is 41.6 Å². The summed E-state index contributed by atoms with van der Waals surface area (Å²) in [5, 5.41) is 13.1. The van der Waals surface area contributed by atoms with Crippen LogP contribution in [0, 0.1) is 11.3 Å². The number of hydrogen-bond acceptors (Lipinski definition) is 7. The maximum atomic E-state index is 12.1. The predicted molar refractivity (Wildman–Crippen MR) is 89.1 cm³/mol. The first-order valence-electron chi connectivity index (χ1n) is 7.78.